The van der Waals surface area contributed by atoms with Gasteiger partial charge in [-0.25, -0.2) is 4.79 Å². The molecule has 0 atom stereocenters. The number of rotatable bonds is 4. The first-order chi connectivity index (χ1) is 10.3. The first-order valence-electron chi connectivity index (χ1n) is 7.19. The summed E-state index contributed by atoms with van der Waals surface area (Å²) in [6.45, 7) is 6.85. The molecule has 22 heavy (non-hydrogen) atoms. The molecule has 122 valence electrons. The molecule has 1 N–H and O–H groups in total. The number of nitrogens with zero attached hydrogens (tertiary/aromatic N) is 2. The second-order valence-corrected chi connectivity index (χ2v) is 5.39. The summed E-state index contributed by atoms with van der Waals surface area (Å²) in [5.74, 6) is -1.56. The Hall–Kier alpha value is -1.60. The Kier molecular flexibility index (Phi) is 5.08. The molecule has 0 bridgehead atoms. The lowest BCUT2D eigenvalue weighted by Crippen LogP contribution is -2.45. The topological polar surface area (TPSA) is 43.8 Å². The lowest BCUT2D eigenvalue weighted by atomic mass is 10.0. The summed E-state index contributed by atoms with van der Waals surface area (Å²) >= 11 is 0. The van der Waals surface area contributed by atoms with Crippen molar-refractivity contribution in [1.82, 2.24) is 9.80 Å². The summed E-state index contributed by atoms with van der Waals surface area (Å²) in [7, 11) is 0. The minimum atomic E-state index is -4.66. The van der Waals surface area contributed by atoms with Crippen LogP contribution < -0.4 is 0 Å². The van der Waals surface area contributed by atoms with Crippen LogP contribution in [-0.2, 0) is 12.7 Å². The second kappa shape index (κ2) is 6.66. The number of carboxylic acids is 1. The molecule has 1 saturated heterocycles. The standard InChI is InChI=1S/C15H19F3N2O2/c1-2-19-5-7-20(8-6-19)10-11-3-4-12(14(21)22)13(9-11)15(16,17)18/h3-4,9H,2,5-8,10H2,1H3,(H,21,22). The molecule has 0 spiro atoms. The third-order valence-electron chi connectivity index (χ3n) is 3.94. The van der Waals surface area contributed by atoms with Crippen molar-refractivity contribution in [2.45, 2.75) is 19.6 Å². The third kappa shape index (κ3) is 3.98. The van der Waals surface area contributed by atoms with E-state index in [1.54, 1.807) is 0 Å². The van der Waals surface area contributed by atoms with Crippen molar-refractivity contribution in [2.24, 2.45) is 0 Å². The molecule has 7 heteroatoms. The van der Waals surface area contributed by atoms with Crippen LogP contribution in [0.25, 0.3) is 0 Å². The first kappa shape index (κ1) is 16.8. The number of carbonyl (C=O) groups is 1. The molecule has 0 aliphatic carbocycles. The predicted octanol–water partition coefficient (Wildman–Crippen LogP) is 2.54. The fourth-order valence-electron chi connectivity index (χ4n) is 2.63. The molecule has 1 aromatic rings. The lowest BCUT2D eigenvalue weighted by Gasteiger charge is -2.34. The summed E-state index contributed by atoms with van der Waals surface area (Å²) < 4.78 is 38.9. The highest BCUT2D eigenvalue weighted by Gasteiger charge is 2.35. The van der Waals surface area contributed by atoms with Gasteiger partial charge in [-0.05, 0) is 24.2 Å². The molecule has 0 amide bonds. The van der Waals surface area contributed by atoms with Crippen molar-refractivity contribution in [3.8, 4) is 0 Å². The average molecular weight is 316 g/mol. The second-order valence-electron chi connectivity index (χ2n) is 5.39. The fraction of sp³-hybridized carbons (Fsp3) is 0.533. The minimum Gasteiger partial charge on any atom is -0.478 e. The van der Waals surface area contributed by atoms with Gasteiger partial charge < -0.3 is 10.0 Å². The van der Waals surface area contributed by atoms with Crippen LogP contribution in [0.4, 0.5) is 13.2 Å². The van der Waals surface area contributed by atoms with Gasteiger partial charge in [-0.3, -0.25) is 4.90 Å². The molecule has 0 radical (unpaired) electrons. The molecule has 0 saturated carbocycles. The molecule has 1 heterocycles. The maximum atomic E-state index is 13.0. The van der Waals surface area contributed by atoms with Gasteiger partial charge in [-0.2, -0.15) is 13.2 Å². The molecular weight excluding hydrogens is 297 g/mol. The number of likely N-dealkylation sites (N-methyl/N-ethyl adjacent to an activating group) is 1. The van der Waals surface area contributed by atoms with E-state index in [9.17, 15) is 18.0 Å². The van der Waals surface area contributed by atoms with Crippen molar-refractivity contribution in [3.63, 3.8) is 0 Å². The highest BCUT2D eigenvalue weighted by atomic mass is 19.4. The summed E-state index contributed by atoms with van der Waals surface area (Å²) in [4.78, 5) is 15.3. The quantitative estimate of drug-likeness (QED) is 0.927. The molecule has 1 aromatic carbocycles. The van der Waals surface area contributed by atoms with E-state index in [0.717, 1.165) is 44.9 Å². The number of halogens is 3. The highest BCUT2D eigenvalue weighted by Crippen LogP contribution is 2.33. The molecular formula is C15H19F3N2O2. The van der Waals surface area contributed by atoms with Gasteiger partial charge in [-0.15, -0.1) is 0 Å². The Bertz CT molecular complexity index is 538. The normalized spacial score (nSPS) is 17.6. The van der Waals surface area contributed by atoms with E-state index in [0.29, 0.717) is 12.1 Å². The van der Waals surface area contributed by atoms with Crippen LogP contribution in [-0.4, -0.2) is 53.6 Å². The van der Waals surface area contributed by atoms with Gasteiger partial charge in [0.1, 0.15) is 0 Å². The summed E-state index contributed by atoms with van der Waals surface area (Å²) in [5, 5.41) is 8.88. The van der Waals surface area contributed by atoms with Crippen molar-refractivity contribution < 1.29 is 23.1 Å². The van der Waals surface area contributed by atoms with Crippen LogP contribution in [0.3, 0.4) is 0 Å². The van der Waals surface area contributed by atoms with E-state index in [1.807, 2.05) is 0 Å². The van der Waals surface area contributed by atoms with Gasteiger partial charge in [0.15, 0.2) is 0 Å². The molecule has 4 nitrogen and oxygen atoms in total. The first-order valence-corrected chi connectivity index (χ1v) is 7.19. The van der Waals surface area contributed by atoms with E-state index in [2.05, 4.69) is 16.7 Å². The van der Waals surface area contributed by atoms with Crippen LogP contribution in [0, 0.1) is 0 Å². The Morgan fingerprint density at radius 3 is 2.27 bits per heavy atom. The predicted molar refractivity (Wildman–Crippen MR) is 75.8 cm³/mol. The molecule has 1 aliphatic heterocycles. The summed E-state index contributed by atoms with van der Waals surface area (Å²) in [6, 6.07) is 3.46. The van der Waals surface area contributed by atoms with E-state index in [1.165, 1.54) is 6.07 Å². The molecule has 2 rings (SSSR count). The summed E-state index contributed by atoms with van der Waals surface area (Å²) in [6.07, 6.45) is -4.66. The van der Waals surface area contributed by atoms with E-state index < -0.39 is 23.3 Å². The third-order valence-corrected chi connectivity index (χ3v) is 3.94. The number of hydrogen-bond acceptors (Lipinski definition) is 3. The van der Waals surface area contributed by atoms with Crippen LogP contribution >= 0.6 is 0 Å². The number of piperazine rings is 1. The molecule has 0 aromatic heterocycles. The zero-order valence-electron chi connectivity index (χ0n) is 12.4. The Morgan fingerprint density at radius 1 is 1.18 bits per heavy atom. The van der Waals surface area contributed by atoms with Crippen molar-refractivity contribution >= 4 is 5.97 Å². The van der Waals surface area contributed by atoms with Gasteiger partial charge in [0.05, 0.1) is 11.1 Å². The van der Waals surface area contributed by atoms with Crippen LogP contribution in [0.15, 0.2) is 18.2 Å². The van der Waals surface area contributed by atoms with Crippen LogP contribution in [0.1, 0.15) is 28.4 Å². The van der Waals surface area contributed by atoms with Gasteiger partial charge in [0.2, 0.25) is 0 Å². The molecule has 1 fully saturated rings. The Labute approximate surface area is 127 Å². The maximum Gasteiger partial charge on any atom is 0.417 e. The van der Waals surface area contributed by atoms with Gasteiger partial charge in [0.25, 0.3) is 0 Å². The SMILES string of the molecule is CCN1CCN(Cc2ccc(C(=O)O)c(C(F)(F)F)c2)CC1. The van der Waals surface area contributed by atoms with Crippen molar-refractivity contribution in [2.75, 3.05) is 32.7 Å². The van der Waals surface area contributed by atoms with E-state index in [-0.39, 0.29) is 0 Å². The fourth-order valence-corrected chi connectivity index (χ4v) is 2.63. The van der Waals surface area contributed by atoms with Gasteiger partial charge >= 0.3 is 12.1 Å². The van der Waals surface area contributed by atoms with Crippen molar-refractivity contribution in [3.05, 3.63) is 34.9 Å². The average Bonchev–Trinajstić information content (AvgIpc) is 2.47. The number of hydrogen-bond donors (Lipinski definition) is 1. The van der Waals surface area contributed by atoms with Gasteiger partial charge in [0, 0.05) is 32.7 Å². The Morgan fingerprint density at radius 2 is 1.77 bits per heavy atom. The number of alkyl halides is 3. The molecule has 0 unspecified atom stereocenters. The van der Waals surface area contributed by atoms with Crippen LogP contribution in [0.2, 0.25) is 0 Å². The zero-order valence-corrected chi connectivity index (χ0v) is 12.4. The zero-order chi connectivity index (χ0) is 16.3. The van der Waals surface area contributed by atoms with Crippen LogP contribution in [0.5, 0.6) is 0 Å². The Balaban J connectivity index is 2.14. The monoisotopic (exact) mass is 316 g/mol. The number of benzene rings is 1. The molecule has 1 aliphatic rings. The minimum absolute atomic E-state index is 0.403. The number of aromatic carboxylic acids is 1. The summed E-state index contributed by atoms with van der Waals surface area (Å²) in [5.41, 5.74) is -1.29. The van der Waals surface area contributed by atoms with E-state index in [4.69, 9.17) is 5.11 Å². The smallest absolute Gasteiger partial charge is 0.417 e. The van der Waals surface area contributed by atoms with E-state index >= 15 is 0 Å². The largest absolute Gasteiger partial charge is 0.478 e. The highest BCUT2D eigenvalue weighted by molar-refractivity contribution is 5.89. The van der Waals surface area contributed by atoms with Gasteiger partial charge in [-0.1, -0.05) is 13.0 Å². The lowest BCUT2D eigenvalue weighted by molar-refractivity contribution is -0.138. The van der Waals surface area contributed by atoms with Crippen molar-refractivity contribution in [1.29, 1.82) is 0 Å². The number of carboxylic acid groups (broad SMARTS) is 1. The maximum absolute atomic E-state index is 13.0.